The third kappa shape index (κ3) is 2.18. The zero-order chi connectivity index (χ0) is 14.1. The van der Waals surface area contributed by atoms with Gasteiger partial charge in [-0.25, -0.2) is 8.78 Å². The Hall–Kier alpha value is -2.56. The summed E-state index contributed by atoms with van der Waals surface area (Å²) in [6.45, 7) is 0. The van der Waals surface area contributed by atoms with Crippen LogP contribution in [0.3, 0.4) is 0 Å². The topological polar surface area (TPSA) is 22.1 Å². The molecule has 5 heteroatoms. The van der Waals surface area contributed by atoms with E-state index in [1.54, 1.807) is 24.3 Å². The minimum absolute atomic E-state index is 0.320. The highest BCUT2D eigenvalue weighted by Crippen LogP contribution is 2.30. The van der Waals surface area contributed by atoms with Crippen LogP contribution in [0.5, 0.6) is 11.6 Å². The van der Waals surface area contributed by atoms with Crippen LogP contribution in [0.15, 0.2) is 48.5 Å². The predicted octanol–water partition coefficient (Wildman–Crippen LogP) is 4.44. The smallest absolute Gasteiger partial charge is 0.258 e. The molecule has 0 radical (unpaired) electrons. The fraction of sp³-hybridized carbons (Fsp3) is 0. The van der Waals surface area contributed by atoms with Gasteiger partial charge in [-0.05, 0) is 11.5 Å². The molecule has 0 N–H and O–H groups in total. The molecule has 0 aliphatic heterocycles. The van der Waals surface area contributed by atoms with Gasteiger partial charge in [0.15, 0.2) is 11.6 Å². The largest absolute Gasteiger partial charge is 0.436 e. The van der Waals surface area contributed by atoms with Gasteiger partial charge in [0.25, 0.3) is 11.8 Å². The zero-order valence-electron chi connectivity index (χ0n) is 10.1. The summed E-state index contributed by atoms with van der Waals surface area (Å²) in [6.07, 6.45) is 0. The first kappa shape index (κ1) is 12.5. The summed E-state index contributed by atoms with van der Waals surface area (Å²) in [6, 6.07) is 12.9. The van der Waals surface area contributed by atoms with Crippen molar-refractivity contribution in [1.29, 1.82) is 0 Å². The molecule has 0 bridgehead atoms. The zero-order valence-corrected chi connectivity index (χ0v) is 10.1. The van der Waals surface area contributed by atoms with Gasteiger partial charge in [-0.15, -0.1) is 0 Å². The van der Waals surface area contributed by atoms with Crippen LogP contribution in [0.4, 0.5) is 13.2 Å². The van der Waals surface area contributed by atoms with E-state index < -0.39 is 23.5 Å². The van der Waals surface area contributed by atoms with Gasteiger partial charge in [0.2, 0.25) is 0 Å². The first-order chi connectivity index (χ1) is 9.65. The summed E-state index contributed by atoms with van der Waals surface area (Å²) in [7, 11) is 0. The monoisotopic (exact) mass is 275 g/mol. The quantitative estimate of drug-likeness (QED) is 0.645. The van der Waals surface area contributed by atoms with E-state index in [1.165, 1.54) is 0 Å². The molecule has 0 aliphatic rings. The van der Waals surface area contributed by atoms with Gasteiger partial charge in [-0.2, -0.15) is 9.37 Å². The number of aromatic nitrogens is 1. The molecule has 3 aromatic rings. The van der Waals surface area contributed by atoms with E-state index in [4.69, 9.17) is 4.74 Å². The molecular formula is C15H8F3NO. The number of fused-ring (bicyclic) bond motifs is 1. The summed E-state index contributed by atoms with van der Waals surface area (Å²) >= 11 is 0. The van der Waals surface area contributed by atoms with Crippen molar-refractivity contribution in [2.24, 2.45) is 0 Å². The van der Waals surface area contributed by atoms with Crippen molar-refractivity contribution in [1.82, 2.24) is 4.98 Å². The fourth-order valence-corrected chi connectivity index (χ4v) is 1.89. The lowest BCUT2D eigenvalue weighted by atomic mass is 10.1. The van der Waals surface area contributed by atoms with Gasteiger partial charge >= 0.3 is 0 Å². The van der Waals surface area contributed by atoms with E-state index in [-0.39, 0.29) is 0 Å². The molecule has 0 unspecified atom stereocenters. The lowest BCUT2D eigenvalue weighted by Crippen LogP contribution is -1.98. The molecule has 1 aromatic heterocycles. The van der Waals surface area contributed by atoms with Crippen LogP contribution in [0, 0.1) is 17.6 Å². The van der Waals surface area contributed by atoms with Crippen molar-refractivity contribution in [2.75, 3.05) is 0 Å². The minimum atomic E-state index is -1.40. The molecule has 1 heterocycles. The highest BCUT2D eigenvalue weighted by atomic mass is 19.2. The highest BCUT2D eigenvalue weighted by Gasteiger charge is 2.14. The van der Waals surface area contributed by atoms with Gasteiger partial charge in [0.1, 0.15) is 5.75 Å². The average molecular weight is 275 g/mol. The van der Waals surface area contributed by atoms with Crippen LogP contribution in [-0.2, 0) is 0 Å². The lowest BCUT2D eigenvalue weighted by molar-refractivity contribution is 0.389. The Balaban J connectivity index is 2.08. The second kappa shape index (κ2) is 4.85. The Morgan fingerprint density at radius 2 is 1.60 bits per heavy atom. The maximum Gasteiger partial charge on any atom is 0.258 e. The van der Waals surface area contributed by atoms with Crippen LogP contribution in [0.1, 0.15) is 0 Å². The Labute approximate surface area is 112 Å². The van der Waals surface area contributed by atoms with Gasteiger partial charge in [0, 0.05) is 11.5 Å². The molecule has 100 valence electrons. The van der Waals surface area contributed by atoms with Crippen molar-refractivity contribution < 1.29 is 17.9 Å². The number of pyridine rings is 1. The molecular weight excluding hydrogens is 267 g/mol. The number of halogens is 3. The predicted molar refractivity (Wildman–Crippen MR) is 68.1 cm³/mol. The van der Waals surface area contributed by atoms with E-state index in [0.29, 0.717) is 11.8 Å². The third-order valence-electron chi connectivity index (χ3n) is 2.81. The standard InChI is InChI=1S/C15H8F3NO/c16-11-8-12(17)15(19-14(11)18)20-13-7-3-5-9-4-1-2-6-10(9)13/h1-8H. The number of rotatable bonds is 2. The fourth-order valence-electron chi connectivity index (χ4n) is 1.89. The normalized spacial score (nSPS) is 10.8. The number of benzene rings is 2. The Kier molecular flexibility index (Phi) is 3.02. The van der Waals surface area contributed by atoms with E-state index in [9.17, 15) is 13.2 Å². The SMILES string of the molecule is Fc1cc(F)c(Oc2cccc3ccccc23)nc1F. The first-order valence-electron chi connectivity index (χ1n) is 5.82. The molecule has 0 spiro atoms. The molecule has 0 saturated heterocycles. The summed E-state index contributed by atoms with van der Waals surface area (Å²) in [4.78, 5) is 3.14. The van der Waals surface area contributed by atoms with E-state index in [2.05, 4.69) is 4.98 Å². The van der Waals surface area contributed by atoms with Crippen molar-refractivity contribution in [3.05, 3.63) is 66.1 Å². The second-order valence-corrected chi connectivity index (χ2v) is 4.13. The average Bonchev–Trinajstić information content (AvgIpc) is 2.45. The maximum absolute atomic E-state index is 13.5. The molecule has 3 rings (SSSR count). The molecule has 2 nitrogen and oxygen atoms in total. The lowest BCUT2D eigenvalue weighted by Gasteiger charge is -2.08. The second-order valence-electron chi connectivity index (χ2n) is 4.13. The number of hydrogen-bond donors (Lipinski definition) is 0. The van der Waals surface area contributed by atoms with Crippen molar-refractivity contribution in [2.45, 2.75) is 0 Å². The molecule has 0 aliphatic carbocycles. The van der Waals surface area contributed by atoms with Crippen LogP contribution >= 0.6 is 0 Å². The van der Waals surface area contributed by atoms with E-state index in [0.717, 1.165) is 10.8 Å². The maximum atomic E-state index is 13.5. The number of nitrogens with zero attached hydrogens (tertiary/aromatic N) is 1. The number of ether oxygens (including phenoxy) is 1. The van der Waals surface area contributed by atoms with Crippen LogP contribution in [0.25, 0.3) is 10.8 Å². The molecule has 0 amide bonds. The van der Waals surface area contributed by atoms with E-state index >= 15 is 0 Å². The molecule has 20 heavy (non-hydrogen) atoms. The Morgan fingerprint density at radius 1 is 0.850 bits per heavy atom. The minimum Gasteiger partial charge on any atom is -0.436 e. The molecule has 2 aromatic carbocycles. The number of hydrogen-bond acceptors (Lipinski definition) is 2. The Morgan fingerprint density at radius 3 is 2.45 bits per heavy atom. The van der Waals surface area contributed by atoms with Crippen molar-refractivity contribution in [3.63, 3.8) is 0 Å². The van der Waals surface area contributed by atoms with E-state index in [1.807, 2.05) is 18.2 Å². The van der Waals surface area contributed by atoms with Crippen LogP contribution in [0.2, 0.25) is 0 Å². The van der Waals surface area contributed by atoms with Crippen molar-refractivity contribution >= 4 is 10.8 Å². The first-order valence-corrected chi connectivity index (χ1v) is 5.82. The van der Waals surface area contributed by atoms with Crippen molar-refractivity contribution in [3.8, 4) is 11.6 Å². The third-order valence-corrected chi connectivity index (χ3v) is 2.81. The summed E-state index contributed by atoms with van der Waals surface area (Å²) < 4.78 is 44.6. The van der Waals surface area contributed by atoms with Gasteiger partial charge < -0.3 is 4.74 Å². The van der Waals surface area contributed by atoms with Crippen LogP contribution < -0.4 is 4.74 Å². The summed E-state index contributed by atoms with van der Waals surface area (Å²) in [5.41, 5.74) is 0. The van der Waals surface area contributed by atoms with Crippen LogP contribution in [-0.4, -0.2) is 4.98 Å². The Bertz CT molecular complexity index is 784. The molecule has 0 atom stereocenters. The highest BCUT2D eigenvalue weighted by molar-refractivity contribution is 5.88. The van der Waals surface area contributed by atoms with Gasteiger partial charge in [0.05, 0.1) is 0 Å². The van der Waals surface area contributed by atoms with Gasteiger partial charge in [-0.1, -0.05) is 36.4 Å². The van der Waals surface area contributed by atoms with Gasteiger partial charge in [-0.3, -0.25) is 0 Å². The molecule has 0 fully saturated rings. The summed E-state index contributed by atoms with van der Waals surface area (Å²) in [5.74, 6) is -4.09. The molecule has 0 saturated carbocycles. The summed E-state index contributed by atoms with van der Waals surface area (Å²) in [5, 5.41) is 1.61.